The molecule has 2 heterocycles. The van der Waals surface area contributed by atoms with Crippen molar-refractivity contribution in [3.63, 3.8) is 0 Å². The number of carbonyl (C=O) groups excluding carboxylic acids is 2. The monoisotopic (exact) mass is 497 g/mol. The number of likely N-dealkylation sites (tertiary alicyclic amines) is 1. The molecule has 9 heteroatoms. The van der Waals surface area contributed by atoms with Gasteiger partial charge in [0.1, 0.15) is 12.1 Å². The number of ether oxygens (including phenoxy) is 1. The van der Waals surface area contributed by atoms with Crippen LogP contribution in [0.1, 0.15) is 11.1 Å². The van der Waals surface area contributed by atoms with E-state index in [0.29, 0.717) is 24.5 Å². The Balaban J connectivity index is 1.41. The van der Waals surface area contributed by atoms with Crippen LogP contribution in [-0.4, -0.2) is 60.6 Å². The van der Waals surface area contributed by atoms with Gasteiger partial charge in [-0.15, -0.1) is 0 Å². The van der Waals surface area contributed by atoms with E-state index in [2.05, 4.69) is 37.5 Å². The van der Waals surface area contributed by atoms with Gasteiger partial charge in [-0.1, -0.05) is 22.0 Å². The molecule has 8 nitrogen and oxygen atoms in total. The van der Waals surface area contributed by atoms with Crippen LogP contribution in [0.25, 0.3) is 0 Å². The number of benzene rings is 2. The molecule has 0 bridgehead atoms. The summed E-state index contributed by atoms with van der Waals surface area (Å²) in [6.45, 7) is 2.30. The van der Waals surface area contributed by atoms with Crippen molar-refractivity contribution in [2.75, 3.05) is 37.4 Å². The number of rotatable bonds is 5. The Hall–Kier alpha value is -2.93. The molecule has 2 aromatic rings. The van der Waals surface area contributed by atoms with E-state index >= 15 is 0 Å². The Morgan fingerprint density at radius 2 is 1.91 bits per heavy atom. The van der Waals surface area contributed by atoms with Crippen molar-refractivity contribution in [2.45, 2.75) is 25.1 Å². The molecule has 166 valence electrons. The molecule has 2 aliphatic rings. The van der Waals surface area contributed by atoms with Crippen LogP contribution in [0, 0.1) is 11.3 Å². The lowest BCUT2D eigenvalue weighted by Crippen LogP contribution is -2.68. The highest BCUT2D eigenvalue weighted by molar-refractivity contribution is 9.10. The number of fused-ring (bicyclic) bond motifs is 1. The number of methoxy groups -OCH3 is 1. The zero-order valence-electron chi connectivity index (χ0n) is 17.7. The average Bonchev–Trinajstić information content (AvgIpc) is 2.75. The van der Waals surface area contributed by atoms with Crippen LogP contribution in [0.2, 0.25) is 0 Å². The lowest BCUT2D eigenvalue weighted by molar-refractivity contribution is -0.135. The standard InChI is InChI=1S/C23H24BrN5O3/c1-32-20-14-29(23(31)27-18-6-3-17(24)4-7-18)21(20)22(30)26-19-5-2-16-13-28(11-9-25)10-8-15(16)12-19/h2-7,12,20-21H,8,10-11,13-14H2,1H3,(H,26,30)(H,27,31)/t20-,21+/m0/s1. The fourth-order valence-electron chi connectivity index (χ4n) is 4.06. The first-order chi connectivity index (χ1) is 15.5. The molecular weight excluding hydrogens is 474 g/mol. The molecule has 2 N–H and O–H groups in total. The molecule has 0 unspecified atom stereocenters. The number of hydrogen-bond donors (Lipinski definition) is 2. The molecule has 4 rings (SSSR count). The minimum absolute atomic E-state index is 0.282. The summed E-state index contributed by atoms with van der Waals surface area (Å²) in [5.74, 6) is -0.282. The van der Waals surface area contributed by atoms with Gasteiger partial charge >= 0.3 is 6.03 Å². The molecule has 0 aliphatic carbocycles. The average molecular weight is 498 g/mol. The van der Waals surface area contributed by atoms with Crippen molar-refractivity contribution in [3.8, 4) is 6.07 Å². The summed E-state index contributed by atoms with van der Waals surface area (Å²) >= 11 is 3.37. The normalized spacial score (nSPS) is 20.0. The third-order valence-corrected chi connectivity index (χ3v) is 6.38. The number of halogens is 1. The van der Waals surface area contributed by atoms with E-state index in [1.54, 1.807) is 19.2 Å². The van der Waals surface area contributed by atoms with Gasteiger partial charge in [0.05, 0.1) is 19.2 Å². The van der Waals surface area contributed by atoms with E-state index in [1.807, 2.05) is 30.3 Å². The molecule has 0 radical (unpaired) electrons. The van der Waals surface area contributed by atoms with E-state index < -0.39 is 6.04 Å². The van der Waals surface area contributed by atoms with E-state index in [1.165, 1.54) is 16.0 Å². The van der Waals surface area contributed by atoms with Crippen molar-refractivity contribution in [1.82, 2.24) is 9.80 Å². The van der Waals surface area contributed by atoms with Crippen LogP contribution in [0.15, 0.2) is 46.9 Å². The summed E-state index contributed by atoms with van der Waals surface area (Å²) in [5, 5.41) is 14.7. The summed E-state index contributed by atoms with van der Waals surface area (Å²) in [6.07, 6.45) is 0.467. The van der Waals surface area contributed by atoms with Crippen LogP contribution in [0.3, 0.4) is 0 Å². The highest BCUT2D eigenvalue weighted by atomic mass is 79.9. The molecule has 1 fully saturated rings. The zero-order chi connectivity index (χ0) is 22.7. The van der Waals surface area contributed by atoms with Gasteiger partial charge in [0.15, 0.2) is 0 Å². The van der Waals surface area contributed by atoms with E-state index in [-0.39, 0.29) is 18.0 Å². The maximum Gasteiger partial charge on any atom is 0.322 e. The molecular formula is C23H24BrN5O3. The van der Waals surface area contributed by atoms with Crippen molar-refractivity contribution < 1.29 is 14.3 Å². The first-order valence-electron chi connectivity index (χ1n) is 10.4. The number of amides is 3. The summed E-state index contributed by atoms with van der Waals surface area (Å²) in [5.41, 5.74) is 3.67. The van der Waals surface area contributed by atoms with Gasteiger partial charge in [0, 0.05) is 36.0 Å². The van der Waals surface area contributed by atoms with Gasteiger partial charge in [-0.3, -0.25) is 9.69 Å². The van der Waals surface area contributed by atoms with Crippen LogP contribution in [0.4, 0.5) is 16.2 Å². The predicted molar refractivity (Wildman–Crippen MR) is 124 cm³/mol. The van der Waals surface area contributed by atoms with Crippen LogP contribution in [0.5, 0.6) is 0 Å². The maximum atomic E-state index is 13.0. The van der Waals surface area contributed by atoms with Gasteiger partial charge in [0.2, 0.25) is 5.91 Å². The van der Waals surface area contributed by atoms with Gasteiger partial charge in [-0.25, -0.2) is 4.79 Å². The first kappa shape index (κ1) is 22.3. The predicted octanol–water partition coefficient (Wildman–Crippen LogP) is 3.20. The van der Waals surface area contributed by atoms with Gasteiger partial charge < -0.3 is 20.3 Å². The van der Waals surface area contributed by atoms with Crippen LogP contribution >= 0.6 is 15.9 Å². The zero-order valence-corrected chi connectivity index (χ0v) is 19.3. The Morgan fingerprint density at radius 1 is 1.16 bits per heavy atom. The quantitative estimate of drug-likeness (QED) is 0.618. The summed E-state index contributed by atoms with van der Waals surface area (Å²) in [6, 6.07) is 14.2. The fourth-order valence-corrected chi connectivity index (χ4v) is 4.33. The smallest absolute Gasteiger partial charge is 0.322 e. The minimum Gasteiger partial charge on any atom is -0.377 e. The SMILES string of the molecule is CO[C@H]1CN(C(=O)Nc2ccc(Br)cc2)[C@H]1C(=O)Nc1ccc2c(c1)CCN(CC#N)C2. The Kier molecular flexibility index (Phi) is 6.74. The number of carbonyl (C=O) groups is 2. The van der Waals surface area contributed by atoms with Crippen LogP contribution in [-0.2, 0) is 22.5 Å². The summed E-state index contributed by atoms with van der Waals surface area (Å²) in [4.78, 5) is 29.3. The molecule has 32 heavy (non-hydrogen) atoms. The number of nitrogens with one attached hydrogen (secondary N) is 2. The van der Waals surface area contributed by atoms with Gasteiger partial charge in [-0.05, 0) is 53.9 Å². The molecule has 2 aliphatic heterocycles. The second-order valence-corrected chi connectivity index (χ2v) is 8.82. The lowest BCUT2D eigenvalue weighted by atomic mass is 9.97. The number of anilines is 2. The molecule has 2 atom stereocenters. The van der Waals surface area contributed by atoms with Crippen molar-refractivity contribution in [2.24, 2.45) is 0 Å². The third kappa shape index (κ3) is 4.78. The Bertz CT molecular complexity index is 1050. The maximum absolute atomic E-state index is 13.0. The first-order valence-corrected chi connectivity index (χ1v) is 11.2. The molecule has 0 saturated carbocycles. The molecule has 0 spiro atoms. The van der Waals surface area contributed by atoms with Crippen LogP contribution < -0.4 is 10.6 Å². The third-order valence-electron chi connectivity index (χ3n) is 5.85. The Labute approximate surface area is 195 Å². The second kappa shape index (κ2) is 9.69. The molecule has 1 saturated heterocycles. The van der Waals surface area contributed by atoms with Gasteiger partial charge in [0.25, 0.3) is 0 Å². The van der Waals surface area contributed by atoms with E-state index in [4.69, 9.17) is 10.00 Å². The summed E-state index contributed by atoms with van der Waals surface area (Å²) < 4.78 is 6.32. The largest absolute Gasteiger partial charge is 0.377 e. The van der Waals surface area contributed by atoms with Crippen molar-refractivity contribution in [1.29, 1.82) is 5.26 Å². The van der Waals surface area contributed by atoms with E-state index in [9.17, 15) is 9.59 Å². The van der Waals surface area contributed by atoms with Crippen molar-refractivity contribution >= 4 is 39.2 Å². The number of nitrogens with zero attached hydrogens (tertiary/aromatic N) is 3. The number of nitriles is 1. The minimum atomic E-state index is -0.711. The molecule has 0 aromatic heterocycles. The second-order valence-electron chi connectivity index (χ2n) is 7.90. The summed E-state index contributed by atoms with van der Waals surface area (Å²) in [7, 11) is 1.54. The highest BCUT2D eigenvalue weighted by Crippen LogP contribution is 2.26. The van der Waals surface area contributed by atoms with Gasteiger partial charge in [-0.2, -0.15) is 5.26 Å². The highest BCUT2D eigenvalue weighted by Gasteiger charge is 2.47. The fraction of sp³-hybridized carbons (Fsp3) is 0.348. The van der Waals surface area contributed by atoms with Crippen molar-refractivity contribution in [3.05, 3.63) is 58.1 Å². The topological polar surface area (TPSA) is 97.7 Å². The number of hydrogen-bond acceptors (Lipinski definition) is 5. The number of urea groups is 1. The van der Waals surface area contributed by atoms with E-state index in [0.717, 1.165) is 24.0 Å². The molecule has 2 aromatic carbocycles. The molecule has 3 amide bonds. The lowest BCUT2D eigenvalue weighted by Gasteiger charge is -2.45. The Morgan fingerprint density at radius 3 is 2.62 bits per heavy atom.